The quantitative estimate of drug-likeness (QED) is 0.135. The number of furan rings is 2. The molecule has 0 bridgehead atoms. The van der Waals surface area contributed by atoms with Crippen molar-refractivity contribution in [3.8, 4) is 61.8 Å². The summed E-state index contributed by atoms with van der Waals surface area (Å²) in [5, 5.41) is 27.3. The summed E-state index contributed by atoms with van der Waals surface area (Å²) in [6.07, 6.45) is 0. The van der Waals surface area contributed by atoms with Gasteiger partial charge in [-0.05, 0) is 232 Å². The predicted octanol–water partition coefficient (Wildman–Crippen LogP) is 34.2. The van der Waals surface area contributed by atoms with Crippen LogP contribution in [0.5, 0.6) is 0 Å². The molecule has 588 valence electrons. The molecule has 0 spiro atoms. The summed E-state index contributed by atoms with van der Waals surface area (Å²) in [5.41, 5.74) is 20.5. The normalized spacial score (nSPS) is 11.8. The maximum atomic E-state index is 6.33. The molecule has 0 aliphatic heterocycles. The molecule has 0 aliphatic carbocycles. The van der Waals surface area contributed by atoms with Crippen molar-refractivity contribution >= 4 is 210 Å². The van der Waals surface area contributed by atoms with Gasteiger partial charge in [-0.15, -0.1) is 22.7 Å². The van der Waals surface area contributed by atoms with Gasteiger partial charge in [0, 0.05) is 106 Å². The monoisotopic (exact) mass is 1640 g/mol. The number of anilines is 3. The lowest BCUT2D eigenvalue weighted by molar-refractivity contribution is 0.669. The first-order chi connectivity index (χ1) is 62.4. The second-order valence-corrected chi connectivity index (χ2v) is 34.6. The van der Waals surface area contributed by atoms with Gasteiger partial charge < -0.3 is 13.7 Å². The predicted molar refractivity (Wildman–Crippen MR) is 536 cm³/mol. The Morgan fingerprint density at radius 2 is 0.611 bits per heavy atom. The average molecular weight is 1640 g/mol. The van der Waals surface area contributed by atoms with Gasteiger partial charge in [-0.25, -0.2) is 9.97 Å². The highest BCUT2D eigenvalue weighted by Crippen LogP contribution is 2.49. The Balaban J connectivity index is 0.000000106. The van der Waals surface area contributed by atoms with Crippen LogP contribution in [0.2, 0.25) is 0 Å². The number of benzene rings is 21. The lowest BCUT2D eigenvalue weighted by Gasteiger charge is -2.25. The molecule has 126 heavy (non-hydrogen) atoms. The van der Waals surface area contributed by atoms with Crippen LogP contribution in [0.1, 0.15) is 0 Å². The van der Waals surface area contributed by atoms with Gasteiger partial charge >= 0.3 is 0 Å². The highest BCUT2D eigenvalue weighted by molar-refractivity contribution is 7.26. The van der Waals surface area contributed by atoms with E-state index in [-0.39, 0.29) is 0 Å². The summed E-state index contributed by atoms with van der Waals surface area (Å²) in [6.45, 7) is 0. The summed E-state index contributed by atoms with van der Waals surface area (Å²) in [5.74, 6) is 0.644. The number of nitrogens with zero attached hydrogens (tertiary/aromatic N) is 4. The molecule has 27 rings (SSSR count). The SMILES string of the molecule is c1ccc(-c2cc(-c3ccccc3)nc(-n3c4ccccc4c4cc(-c5cc6cc7oc8ccccc8c7cc6c6ccccc56)ccc43)n2)cc1.c1ccc(N(c2ccccc2)c2ccc(-c3cc4cc5sc6ccccc6c5cc4c4ccccc34)cc2)cc1.c1ccc2c(c1)oc1cc3cc(-c4cccc5c4sc4ccccc45)c4ccccc4c3cc12. The number of hydrogen-bond acceptors (Lipinski definition) is 7. The lowest BCUT2D eigenvalue weighted by Crippen LogP contribution is -2.09. The third kappa shape index (κ3) is 12.3. The molecule has 0 atom stereocenters. The number of thiophene rings is 2. The maximum Gasteiger partial charge on any atom is 0.235 e. The fraction of sp³-hybridized carbons (Fsp3) is 0. The summed E-state index contributed by atoms with van der Waals surface area (Å²) < 4.78 is 20.1. The van der Waals surface area contributed by atoms with Gasteiger partial charge in [-0.1, -0.05) is 297 Å². The van der Waals surface area contributed by atoms with Crippen LogP contribution < -0.4 is 4.90 Å². The van der Waals surface area contributed by atoms with E-state index >= 15 is 0 Å². The minimum absolute atomic E-state index is 0.644. The van der Waals surface area contributed by atoms with Crippen LogP contribution in [0.25, 0.3) is 233 Å². The van der Waals surface area contributed by atoms with Gasteiger partial charge in [-0.3, -0.25) is 4.57 Å². The molecule has 27 aromatic rings. The standard InChI is InChI=1S/C48H29N3O.C38H25NS.C32H18OS/c1-3-13-30(14-4-1)42-29-43(31-15-5-2-6-16-31)50-48(49-42)51-44-21-11-9-19-36(44)40-25-32(23-24-45(40)51)38-26-33-27-47-41(37-20-10-12-22-46(37)52-47)28-39(33)35-18-8-7-17-34(35)38;1-3-11-28(12-4-1)39(29-13-5-2-6-14-29)30-21-19-26(20-22-30)34-23-27-24-38-36(33-17-9-10-18-37(33)40-38)25-35(27)32-16-8-7-15-31(32)34;1-2-9-21-20(8-1)26-18-28-22-10-3-5-14-29(22)33-30(28)17-19(26)16-27(21)25-13-7-12-24-23-11-4-6-15-31(23)34-32(24)25/h1-29H;1-25H;1-18H. The second kappa shape index (κ2) is 29.9. The van der Waals surface area contributed by atoms with E-state index in [1.165, 1.54) is 138 Å². The van der Waals surface area contributed by atoms with Crippen molar-refractivity contribution in [2.24, 2.45) is 0 Å². The minimum atomic E-state index is 0.644. The van der Waals surface area contributed by atoms with E-state index in [9.17, 15) is 0 Å². The third-order valence-electron chi connectivity index (χ3n) is 25.3. The molecule has 8 heteroatoms. The number of rotatable bonds is 9. The first kappa shape index (κ1) is 72.7. The molecular formula is C118H72N4O2S2. The summed E-state index contributed by atoms with van der Waals surface area (Å²) >= 11 is 3.76. The molecule has 0 amide bonds. The maximum absolute atomic E-state index is 6.33. The molecular weight excluding hydrogens is 1570 g/mol. The topological polar surface area (TPSA) is 60.2 Å². The number of para-hydroxylation sites is 5. The fourth-order valence-electron chi connectivity index (χ4n) is 19.4. The van der Waals surface area contributed by atoms with Gasteiger partial charge in [-0.2, -0.15) is 0 Å². The van der Waals surface area contributed by atoms with E-state index in [1.807, 2.05) is 59.1 Å². The highest BCUT2D eigenvalue weighted by Gasteiger charge is 2.23. The van der Waals surface area contributed by atoms with Gasteiger partial charge in [0.05, 0.1) is 22.4 Å². The van der Waals surface area contributed by atoms with E-state index in [1.54, 1.807) is 0 Å². The Hall–Kier alpha value is -16.1. The van der Waals surface area contributed by atoms with Crippen LogP contribution in [0.4, 0.5) is 17.1 Å². The average Bonchev–Trinajstić information content (AvgIpc) is 1.51. The minimum Gasteiger partial charge on any atom is -0.456 e. The van der Waals surface area contributed by atoms with Gasteiger partial charge in [0.1, 0.15) is 22.3 Å². The largest absolute Gasteiger partial charge is 0.456 e. The first-order valence-corrected chi connectivity index (χ1v) is 44.3. The Morgan fingerprint density at radius 1 is 0.206 bits per heavy atom. The number of aromatic nitrogens is 3. The van der Waals surface area contributed by atoms with E-state index in [4.69, 9.17) is 18.8 Å². The van der Waals surface area contributed by atoms with Gasteiger partial charge in [0.25, 0.3) is 0 Å². The van der Waals surface area contributed by atoms with Crippen molar-refractivity contribution in [2.45, 2.75) is 0 Å². The molecule has 6 heterocycles. The molecule has 0 saturated carbocycles. The smallest absolute Gasteiger partial charge is 0.235 e. The first-order valence-electron chi connectivity index (χ1n) is 42.7. The van der Waals surface area contributed by atoms with Crippen LogP contribution >= 0.6 is 22.7 Å². The van der Waals surface area contributed by atoms with E-state index in [2.05, 4.69) is 410 Å². The molecule has 6 nitrogen and oxygen atoms in total. The van der Waals surface area contributed by atoms with Crippen LogP contribution in [-0.2, 0) is 0 Å². The van der Waals surface area contributed by atoms with Crippen molar-refractivity contribution in [2.75, 3.05) is 4.90 Å². The van der Waals surface area contributed by atoms with Crippen molar-refractivity contribution in [1.29, 1.82) is 0 Å². The zero-order valence-corrected chi connectivity index (χ0v) is 69.6. The molecule has 0 fully saturated rings. The summed E-state index contributed by atoms with van der Waals surface area (Å²) in [4.78, 5) is 12.7. The molecule has 0 N–H and O–H groups in total. The number of hydrogen-bond donors (Lipinski definition) is 0. The third-order valence-corrected chi connectivity index (χ3v) is 27.6. The van der Waals surface area contributed by atoms with Crippen molar-refractivity contribution in [3.05, 3.63) is 437 Å². The van der Waals surface area contributed by atoms with Crippen LogP contribution in [0, 0.1) is 0 Å². The molecule has 0 unspecified atom stereocenters. The Labute approximate surface area is 731 Å². The number of fused-ring (bicyclic) bond motifs is 24. The zero-order valence-electron chi connectivity index (χ0n) is 68.0. The second-order valence-electron chi connectivity index (χ2n) is 32.5. The molecule has 6 aromatic heterocycles. The van der Waals surface area contributed by atoms with Crippen molar-refractivity contribution < 1.29 is 8.83 Å². The van der Waals surface area contributed by atoms with Crippen molar-refractivity contribution in [1.82, 2.24) is 14.5 Å². The Morgan fingerprint density at radius 3 is 1.17 bits per heavy atom. The van der Waals surface area contributed by atoms with E-state index in [0.717, 1.165) is 105 Å². The van der Waals surface area contributed by atoms with Crippen LogP contribution in [0.3, 0.4) is 0 Å². The lowest BCUT2D eigenvalue weighted by atomic mass is 9.92. The van der Waals surface area contributed by atoms with Gasteiger partial charge in [0.15, 0.2) is 0 Å². The Kier molecular flexibility index (Phi) is 17.3. The van der Waals surface area contributed by atoms with Crippen LogP contribution in [-0.4, -0.2) is 14.5 Å². The highest BCUT2D eigenvalue weighted by atomic mass is 32.1. The molecule has 0 aliphatic rings. The summed E-state index contributed by atoms with van der Waals surface area (Å²) in [7, 11) is 0. The Bertz CT molecular complexity index is 8950. The van der Waals surface area contributed by atoms with Gasteiger partial charge in [0.2, 0.25) is 5.95 Å². The van der Waals surface area contributed by atoms with Crippen LogP contribution in [0.15, 0.2) is 446 Å². The molecule has 21 aromatic carbocycles. The molecule has 0 radical (unpaired) electrons. The summed E-state index contributed by atoms with van der Waals surface area (Å²) in [6, 6.07) is 156. The van der Waals surface area contributed by atoms with E-state index in [0.29, 0.717) is 5.95 Å². The fourth-order valence-corrected chi connectivity index (χ4v) is 21.8. The van der Waals surface area contributed by atoms with E-state index < -0.39 is 0 Å². The molecule has 0 saturated heterocycles. The zero-order chi connectivity index (χ0) is 82.9. The van der Waals surface area contributed by atoms with Crippen molar-refractivity contribution in [3.63, 3.8) is 0 Å².